The minimum absolute atomic E-state index is 0.0710. The van der Waals surface area contributed by atoms with Crippen LogP contribution < -0.4 is 15.4 Å². The van der Waals surface area contributed by atoms with Crippen LogP contribution in [-0.2, 0) is 11.3 Å². The predicted octanol–water partition coefficient (Wildman–Crippen LogP) is 4.74. The number of halogens is 1. The molecule has 0 fully saturated rings. The molecule has 1 amide bonds. The van der Waals surface area contributed by atoms with E-state index in [1.54, 1.807) is 12.1 Å². The topological polar surface area (TPSA) is 50.4 Å². The van der Waals surface area contributed by atoms with E-state index in [1.165, 1.54) is 12.1 Å². The van der Waals surface area contributed by atoms with E-state index in [4.69, 9.17) is 4.74 Å². The molecule has 0 saturated heterocycles. The van der Waals surface area contributed by atoms with E-state index in [9.17, 15) is 9.18 Å². The highest BCUT2D eigenvalue weighted by Gasteiger charge is 2.03. The average Bonchev–Trinajstić information content (AvgIpc) is 2.69. The fraction of sp³-hybridized carbons (Fsp3) is 0.136. The summed E-state index contributed by atoms with van der Waals surface area (Å²) in [6, 6.07) is 23.1. The maximum absolute atomic E-state index is 12.8. The summed E-state index contributed by atoms with van der Waals surface area (Å²) in [5, 5.41) is 6.03. The third-order valence-electron chi connectivity index (χ3n) is 3.89. The van der Waals surface area contributed by atoms with E-state index in [0.717, 1.165) is 17.0 Å². The van der Waals surface area contributed by atoms with Gasteiger partial charge >= 0.3 is 0 Å². The lowest BCUT2D eigenvalue weighted by Crippen LogP contribution is -2.21. The van der Waals surface area contributed by atoms with Gasteiger partial charge in [-0.1, -0.05) is 30.3 Å². The largest absolute Gasteiger partial charge is 0.457 e. The Balaban J connectivity index is 1.39. The van der Waals surface area contributed by atoms with Gasteiger partial charge in [-0.2, -0.15) is 0 Å². The van der Waals surface area contributed by atoms with Crippen molar-refractivity contribution in [2.75, 3.05) is 11.9 Å². The zero-order chi connectivity index (χ0) is 18.9. The van der Waals surface area contributed by atoms with Crippen molar-refractivity contribution in [3.05, 3.63) is 90.2 Å². The van der Waals surface area contributed by atoms with Crippen molar-refractivity contribution >= 4 is 11.6 Å². The van der Waals surface area contributed by atoms with Crippen LogP contribution in [0, 0.1) is 5.82 Å². The summed E-state index contributed by atoms with van der Waals surface area (Å²) < 4.78 is 18.6. The highest BCUT2D eigenvalue weighted by atomic mass is 19.1. The molecule has 4 nitrogen and oxygen atoms in total. The number of nitrogens with one attached hydrogen (secondary N) is 2. The molecule has 0 saturated carbocycles. The Morgan fingerprint density at radius 1 is 0.852 bits per heavy atom. The molecule has 0 heterocycles. The number of carbonyl (C=O) groups is 1. The van der Waals surface area contributed by atoms with Crippen LogP contribution in [0.25, 0.3) is 0 Å². The first kappa shape index (κ1) is 18.6. The molecule has 0 unspecified atom stereocenters. The van der Waals surface area contributed by atoms with E-state index in [2.05, 4.69) is 10.6 Å². The molecule has 5 heteroatoms. The fourth-order valence-electron chi connectivity index (χ4n) is 2.49. The first-order valence-electron chi connectivity index (χ1n) is 8.77. The Hall–Kier alpha value is -3.18. The zero-order valence-corrected chi connectivity index (χ0v) is 14.8. The summed E-state index contributed by atoms with van der Waals surface area (Å²) >= 11 is 0. The standard InChI is InChI=1S/C22H21FN2O2/c23-18-8-6-17(7-9-18)16-24-15-14-22(26)25-19-10-12-21(13-11-19)27-20-4-2-1-3-5-20/h1-13,24H,14-16H2,(H,25,26). The molecular weight excluding hydrogens is 343 g/mol. The molecule has 0 atom stereocenters. The van der Waals surface area contributed by atoms with Crippen molar-refractivity contribution in [2.45, 2.75) is 13.0 Å². The van der Waals surface area contributed by atoms with Gasteiger partial charge in [0.05, 0.1) is 0 Å². The molecule has 0 spiro atoms. The van der Waals surface area contributed by atoms with Crippen molar-refractivity contribution in [3.63, 3.8) is 0 Å². The second kappa shape index (κ2) is 9.50. The second-order valence-corrected chi connectivity index (χ2v) is 6.04. The second-order valence-electron chi connectivity index (χ2n) is 6.04. The maximum atomic E-state index is 12.8. The third kappa shape index (κ3) is 6.24. The van der Waals surface area contributed by atoms with Crippen LogP contribution >= 0.6 is 0 Å². The smallest absolute Gasteiger partial charge is 0.225 e. The molecule has 27 heavy (non-hydrogen) atoms. The molecule has 3 rings (SSSR count). The van der Waals surface area contributed by atoms with Gasteiger partial charge < -0.3 is 15.4 Å². The lowest BCUT2D eigenvalue weighted by atomic mass is 10.2. The van der Waals surface area contributed by atoms with Crippen molar-refractivity contribution in [1.82, 2.24) is 5.32 Å². The number of hydrogen-bond donors (Lipinski definition) is 2. The van der Waals surface area contributed by atoms with Crippen molar-refractivity contribution in [3.8, 4) is 11.5 Å². The Bertz CT molecular complexity index is 850. The first-order chi connectivity index (χ1) is 13.2. The van der Waals surface area contributed by atoms with Crippen LogP contribution in [0.1, 0.15) is 12.0 Å². The molecule has 0 bridgehead atoms. The minimum Gasteiger partial charge on any atom is -0.457 e. The zero-order valence-electron chi connectivity index (χ0n) is 14.8. The number of carbonyl (C=O) groups excluding carboxylic acids is 1. The summed E-state index contributed by atoms with van der Waals surface area (Å²) in [5.74, 6) is 1.15. The Labute approximate surface area is 158 Å². The normalized spacial score (nSPS) is 10.4. The number of amides is 1. The van der Waals surface area contributed by atoms with Gasteiger partial charge in [0, 0.05) is 25.2 Å². The van der Waals surface area contributed by atoms with Crippen LogP contribution in [0.3, 0.4) is 0 Å². The molecule has 0 aromatic heterocycles. The number of hydrogen-bond acceptors (Lipinski definition) is 3. The minimum atomic E-state index is -0.252. The number of ether oxygens (including phenoxy) is 1. The van der Waals surface area contributed by atoms with Crippen LogP contribution in [0.4, 0.5) is 10.1 Å². The molecular formula is C22H21FN2O2. The molecule has 0 aliphatic carbocycles. The molecule has 3 aromatic carbocycles. The van der Waals surface area contributed by atoms with E-state index >= 15 is 0 Å². The summed E-state index contributed by atoms with van der Waals surface area (Å²) in [6.45, 7) is 1.14. The van der Waals surface area contributed by atoms with Gasteiger partial charge in [-0.25, -0.2) is 4.39 Å². The van der Waals surface area contributed by atoms with Crippen LogP contribution in [-0.4, -0.2) is 12.5 Å². The van der Waals surface area contributed by atoms with Gasteiger partial charge in [0.25, 0.3) is 0 Å². The van der Waals surface area contributed by atoms with Gasteiger partial charge in [-0.15, -0.1) is 0 Å². The van der Waals surface area contributed by atoms with E-state index in [1.807, 2.05) is 54.6 Å². The lowest BCUT2D eigenvalue weighted by molar-refractivity contribution is -0.116. The van der Waals surface area contributed by atoms with Crippen molar-refractivity contribution in [2.24, 2.45) is 0 Å². The molecule has 0 radical (unpaired) electrons. The number of para-hydroxylation sites is 1. The number of anilines is 1. The Kier molecular flexibility index (Phi) is 6.55. The molecule has 3 aromatic rings. The summed E-state index contributed by atoms with van der Waals surface area (Å²) in [5.41, 5.74) is 1.70. The first-order valence-corrected chi connectivity index (χ1v) is 8.77. The van der Waals surface area contributed by atoms with E-state index in [-0.39, 0.29) is 11.7 Å². The lowest BCUT2D eigenvalue weighted by Gasteiger charge is -2.09. The summed E-state index contributed by atoms with van der Waals surface area (Å²) in [7, 11) is 0. The average molecular weight is 364 g/mol. The Morgan fingerprint density at radius 3 is 2.22 bits per heavy atom. The Morgan fingerprint density at radius 2 is 1.52 bits per heavy atom. The molecule has 2 N–H and O–H groups in total. The number of benzene rings is 3. The molecule has 138 valence electrons. The van der Waals surface area contributed by atoms with Crippen molar-refractivity contribution < 1.29 is 13.9 Å². The van der Waals surface area contributed by atoms with Gasteiger partial charge in [0.2, 0.25) is 5.91 Å². The van der Waals surface area contributed by atoms with Crippen LogP contribution in [0.5, 0.6) is 11.5 Å². The highest BCUT2D eigenvalue weighted by molar-refractivity contribution is 5.90. The fourth-order valence-corrected chi connectivity index (χ4v) is 2.49. The quantitative estimate of drug-likeness (QED) is 0.568. The highest BCUT2D eigenvalue weighted by Crippen LogP contribution is 2.22. The monoisotopic (exact) mass is 364 g/mol. The maximum Gasteiger partial charge on any atom is 0.225 e. The van der Waals surface area contributed by atoms with Gasteiger partial charge in [-0.3, -0.25) is 4.79 Å². The number of rotatable bonds is 8. The predicted molar refractivity (Wildman–Crippen MR) is 104 cm³/mol. The van der Waals surface area contributed by atoms with Gasteiger partial charge in [0.15, 0.2) is 0 Å². The van der Waals surface area contributed by atoms with E-state index < -0.39 is 0 Å². The van der Waals surface area contributed by atoms with Gasteiger partial charge in [-0.05, 0) is 54.1 Å². The van der Waals surface area contributed by atoms with Crippen molar-refractivity contribution in [1.29, 1.82) is 0 Å². The van der Waals surface area contributed by atoms with E-state index in [0.29, 0.717) is 25.3 Å². The SMILES string of the molecule is O=C(CCNCc1ccc(F)cc1)Nc1ccc(Oc2ccccc2)cc1. The summed E-state index contributed by atoms with van der Waals surface area (Å²) in [6.07, 6.45) is 0.351. The van der Waals surface area contributed by atoms with Crippen LogP contribution in [0.15, 0.2) is 78.9 Å². The van der Waals surface area contributed by atoms with Gasteiger partial charge in [0.1, 0.15) is 17.3 Å². The van der Waals surface area contributed by atoms with Crippen LogP contribution in [0.2, 0.25) is 0 Å². The summed E-state index contributed by atoms with van der Waals surface area (Å²) in [4.78, 5) is 12.0. The third-order valence-corrected chi connectivity index (χ3v) is 3.89. The molecule has 0 aliphatic rings. The molecule has 0 aliphatic heterocycles.